The molecule has 0 fully saturated rings. The second-order valence-corrected chi connectivity index (χ2v) is 7.64. The predicted octanol–water partition coefficient (Wildman–Crippen LogP) is 3.73. The molecule has 2 aromatic rings. The highest BCUT2D eigenvalue weighted by Gasteiger charge is 2.28. The van der Waals surface area contributed by atoms with Crippen molar-refractivity contribution in [1.29, 1.82) is 0 Å². The molecule has 3 rings (SSSR count). The summed E-state index contributed by atoms with van der Waals surface area (Å²) in [6.45, 7) is 1.95. The molecule has 1 aliphatic rings. The molecule has 1 aliphatic carbocycles. The Labute approximate surface area is 160 Å². The molecule has 0 saturated heterocycles. The average Bonchev–Trinajstić information content (AvgIpc) is 2.97. The van der Waals surface area contributed by atoms with Crippen molar-refractivity contribution in [2.75, 3.05) is 19.0 Å². The Morgan fingerprint density at radius 1 is 1.46 bits per heavy atom. The molecule has 8 heteroatoms. The van der Waals surface area contributed by atoms with E-state index in [2.05, 4.69) is 17.2 Å². The molecule has 26 heavy (non-hydrogen) atoms. The van der Waals surface area contributed by atoms with Gasteiger partial charge in [0.25, 0.3) is 5.91 Å². The lowest BCUT2D eigenvalue weighted by Gasteiger charge is -2.18. The van der Waals surface area contributed by atoms with Gasteiger partial charge >= 0.3 is 5.97 Å². The summed E-state index contributed by atoms with van der Waals surface area (Å²) >= 11 is 7.34. The second kappa shape index (κ2) is 8.05. The molecular weight excluding hydrogens is 376 g/mol. The molecule has 1 atom stereocenters. The molecule has 0 bridgehead atoms. The van der Waals surface area contributed by atoms with E-state index in [0.717, 1.165) is 29.7 Å². The Morgan fingerprint density at radius 2 is 2.27 bits per heavy atom. The predicted molar refractivity (Wildman–Crippen MR) is 100 cm³/mol. The van der Waals surface area contributed by atoms with E-state index in [-0.39, 0.29) is 17.7 Å². The Kier molecular flexibility index (Phi) is 5.78. The highest BCUT2D eigenvalue weighted by atomic mass is 35.5. The van der Waals surface area contributed by atoms with Crippen LogP contribution in [0.25, 0.3) is 0 Å². The van der Waals surface area contributed by atoms with Gasteiger partial charge in [-0.15, -0.1) is 11.3 Å². The Hall–Kier alpha value is -2.12. The lowest BCUT2D eigenvalue weighted by Crippen LogP contribution is -2.21. The number of hydrogen-bond acceptors (Lipinski definition) is 6. The number of nitrogens with one attached hydrogen (secondary N) is 1. The molecule has 1 amide bonds. The summed E-state index contributed by atoms with van der Waals surface area (Å²) in [7, 11) is 1.34. The van der Waals surface area contributed by atoms with E-state index < -0.39 is 5.97 Å². The van der Waals surface area contributed by atoms with E-state index in [1.165, 1.54) is 24.6 Å². The number of hydrogen-bond donors (Lipinski definition) is 1. The van der Waals surface area contributed by atoms with E-state index in [0.29, 0.717) is 22.2 Å². The molecule has 6 nitrogen and oxygen atoms in total. The van der Waals surface area contributed by atoms with E-state index in [1.54, 1.807) is 12.1 Å². The normalized spacial score (nSPS) is 15.9. The highest BCUT2D eigenvalue weighted by molar-refractivity contribution is 7.17. The van der Waals surface area contributed by atoms with Crippen molar-refractivity contribution >= 4 is 39.8 Å². The molecule has 0 radical (unpaired) electrons. The number of anilines is 1. The number of carbonyl (C=O) groups excluding carboxylic acids is 2. The van der Waals surface area contributed by atoms with Gasteiger partial charge < -0.3 is 14.8 Å². The minimum atomic E-state index is -0.427. The lowest BCUT2D eigenvalue weighted by molar-refractivity contribution is -0.118. The smallest absolute Gasteiger partial charge is 0.341 e. The number of halogens is 1. The maximum atomic E-state index is 12.3. The second-order valence-electron chi connectivity index (χ2n) is 6.18. The average molecular weight is 395 g/mol. The summed E-state index contributed by atoms with van der Waals surface area (Å²) in [4.78, 5) is 29.5. The van der Waals surface area contributed by atoms with Crippen LogP contribution >= 0.6 is 22.9 Å². The third-order valence-corrected chi connectivity index (χ3v) is 5.69. The minimum absolute atomic E-state index is 0.191. The SMILES string of the molecule is COC(=O)c1c(NC(=O)COc2cccnc2Cl)sc2c1CCC(C)C2. The number of ether oxygens (including phenoxy) is 2. The third kappa shape index (κ3) is 3.99. The van der Waals surface area contributed by atoms with E-state index in [4.69, 9.17) is 21.1 Å². The molecular formula is C18H19ClN2O4S. The van der Waals surface area contributed by atoms with Gasteiger partial charge in [0.1, 0.15) is 5.00 Å². The monoisotopic (exact) mass is 394 g/mol. The van der Waals surface area contributed by atoms with Crippen LogP contribution in [-0.2, 0) is 22.4 Å². The van der Waals surface area contributed by atoms with Crippen molar-refractivity contribution in [3.8, 4) is 5.75 Å². The molecule has 0 saturated carbocycles. The molecule has 0 spiro atoms. The maximum absolute atomic E-state index is 12.3. The van der Waals surface area contributed by atoms with Crippen molar-refractivity contribution < 1.29 is 19.1 Å². The number of fused-ring (bicyclic) bond motifs is 1. The van der Waals surface area contributed by atoms with Crippen LogP contribution in [0.2, 0.25) is 5.15 Å². The quantitative estimate of drug-likeness (QED) is 0.617. The van der Waals surface area contributed by atoms with Crippen molar-refractivity contribution in [3.05, 3.63) is 39.5 Å². The first-order chi connectivity index (χ1) is 12.5. The minimum Gasteiger partial charge on any atom is -0.481 e. The fraction of sp³-hybridized carbons (Fsp3) is 0.389. The number of thiophene rings is 1. The topological polar surface area (TPSA) is 77.5 Å². The lowest BCUT2D eigenvalue weighted by atomic mass is 9.88. The van der Waals surface area contributed by atoms with Crippen LogP contribution in [0, 0.1) is 5.92 Å². The molecule has 1 unspecified atom stereocenters. The Morgan fingerprint density at radius 3 is 3.00 bits per heavy atom. The summed E-state index contributed by atoms with van der Waals surface area (Å²) in [6.07, 6.45) is 4.27. The number of rotatable bonds is 5. The maximum Gasteiger partial charge on any atom is 0.341 e. The number of aromatic nitrogens is 1. The van der Waals surface area contributed by atoms with Gasteiger partial charge in [0.2, 0.25) is 0 Å². The highest BCUT2D eigenvalue weighted by Crippen LogP contribution is 2.40. The first-order valence-corrected chi connectivity index (χ1v) is 9.45. The van der Waals surface area contributed by atoms with E-state index >= 15 is 0 Å². The zero-order valence-electron chi connectivity index (χ0n) is 14.5. The van der Waals surface area contributed by atoms with Crippen LogP contribution < -0.4 is 10.1 Å². The van der Waals surface area contributed by atoms with Crippen molar-refractivity contribution in [3.63, 3.8) is 0 Å². The Bertz CT molecular complexity index is 837. The first kappa shape index (κ1) is 18.7. The van der Waals surface area contributed by atoms with Gasteiger partial charge in [-0.05, 0) is 42.9 Å². The number of esters is 1. The largest absolute Gasteiger partial charge is 0.481 e. The van der Waals surface area contributed by atoms with E-state index in [1.807, 2.05) is 0 Å². The summed E-state index contributed by atoms with van der Waals surface area (Å²) in [5.74, 6) is 0.0911. The van der Waals surface area contributed by atoms with Crippen LogP contribution in [0.15, 0.2) is 18.3 Å². The number of carbonyl (C=O) groups is 2. The van der Waals surface area contributed by atoms with Crippen molar-refractivity contribution in [2.24, 2.45) is 5.92 Å². The third-order valence-electron chi connectivity index (χ3n) is 4.24. The van der Waals surface area contributed by atoms with Gasteiger partial charge in [-0.1, -0.05) is 18.5 Å². The zero-order valence-corrected chi connectivity index (χ0v) is 16.1. The summed E-state index contributed by atoms with van der Waals surface area (Å²) in [5, 5.41) is 3.48. The van der Waals surface area contributed by atoms with Gasteiger partial charge in [0.15, 0.2) is 17.5 Å². The number of methoxy groups -OCH3 is 1. The van der Waals surface area contributed by atoms with Crippen LogP contribution in [0.4, 0.5) is 5.00 Å². The fourth-order valence-corrected chi connectivity index (χ4v) is 4.53. The number of pyridine rings is 1. The van der Waals surface area contributed by atoms with Crippen molar-refractivity contribution in [1.82, 2.24) is 4.98 Å². The standard InChI is InChI=1S/C18H19ClN2O4S/c1-10-5-6-11-13(8-10)26-17(15(11)18(23)24-2)21-14(22)9-25-12-4-3-7-20-16(12)19/h3-4,7,10H,5-6,8-9H2,1-2H3,(H,21,22). The van der Waals surface area contributed by atoms with Gasteiger partial charge in [0.05, 0.1) is 12.7 Å². The molecule has 1 N–H and O–H groups in total. The van der Waals surface area contributed by atoms with Gasteiger partial charge in [0, 0.05) is 11.1 Å². The summed E-state index contributed by atoms with van der Waals surface area (Å²) < 4.78 is 10.3. The van der Waals surface area contributed by atoms with Crippen LogP contribution in [-0.4, -0.2) is 30.6 Å². The summed E-state index contributed by atoms with van der Waals surface area (Å²) in [6, 6.07) is 3.30. The number of nitrogens with zero attached hydrogens (tertiary/aromatic N) is 1. The molecule has 2 aromatic heterocycles. The zero-order chi connectivity index (χ0) is 18.7. The summed E-state index contributed by atoms with van der Waals surface area (Å²) in [5.41, 5.74) is 1.46. The van der Waals surface area contributed by atoms with Crippen LogP contribution in [0.1, 0.15) is 34.1 Å². The van der Waals surface area contributed by atoms with Gasteiger partial charge in [-0.2, -0.15) is 0 Å². The van der Waals surface area contributed by atoms with Gasteiger partial charge in [-0.25, -0.2) is 9.78 Å². The van der Waals surface area contributed by atoms with E-state index in [9.17, 15) is 9.59 Å². The van der Waals surface area contributed by atoms with Crippen molar-refractivity contribution in [2.45, 2.75) is 26.2 Å². The first-order valence-electron chi connectivity index (χ1n) is 8.25. The number of amides is 1. The molecule has 0 aliphatic heterocycles. The molecule has 138 valence electrons. The van der Waals surface area contributed by atoms with Crippen LogP contribution in [0.5, 0.6) is 5.75 Å². The fourth-order valence-electron chi connectivity index (χ4n) is 2.94. The Balaban J connectivity index is 1.75. The molecule has 0 aromatic carbocycles. The van der Waals surface area contributed by atoms with Gasteiger partial charge in [-0.3, -0.25) is 4.79 Å². The van der Waals surface area contributed by atoms with Crippen LogP contribution in [0.3, 0.4) is 0 Å². The molecule has 2 heterocycles.